The van der Waals surface area contributed by atoms with Crippen LogP contribution in [0.15, 0.2) is 18.2 Å². The third kappa shape index (κ3) is 4.70. The minimum atomic E-state index is -4.69. The van der Waals surface area contributed by atoms with E-state index in [1.54, 1.807) is 0 Å². The molecule has 0 saturated heterocycles. The summed E-state index contributed by atoms with van der Waals surface area (Å²) >= 11 is 0. The molecule has 0 unspecified atom stereocenters. The predicted octanol–water partition coefficient (Wildman–Crippen LogP) is 3.31. The summed E-state index contributed by atoms with van der Waals surface area (Å²) in [5.41, 5.74) is -1.86. The van der Waals surface area contributed by atoms with Crippen LogP contribution < -0.4 is 15.4 Å². The molecule has 2 N–H and O–H groups in total. The molecule has 1 aliphatic rings. The molecule has 26 heavy (non-hydrogen) atoms. The molecule has 1 aromatic rings. The van der Waals surface area contributed by atoms with Crippen molar-refractivity contribution in [2.45, 2.75) is 38.1 Å². The Balaban J connectivity index is 2.00. The average Bonchev–Trinajstić information content (AvgIpc) is 2.53. The highest BCUT2D eigenvalue weighted by atomic mass is 19.4. The number of anilines is 2. The number of carbonyl (C=O) groups is 2. The van der Waals surface area contributed by atoms with Crippen LogP contribution in [0, 0.1) is 0 Å². The topological polar surface area (TPSA) is 85.9 Å². The summed E-state index contributed by atoms with van der Waals surface area (Å²) in [5, 5.41) is 5.27. The van der Waals surface area contributed by atoms with Crippen molar-refractivity contribution in [3.05, 3.63) is 18.2 Å². The number of hydrogen-bond donors (Lipinski definition) is 2. The Morgan fingerprint density at radius 1 is 1.35 bits per heavy atom. The van der Waals surface area contributed by atoms with Gasteiger partial charge in [0.1, 0.15) is 11.9 Å². The van der Waals surface area contributed by atoms with Crippen LogP contribution in [0.3, 0.4) is 0 Å². The van der Waals surface area contributed by atoms with E-state index in [0.717, 1.165) is 13.8 Å². The molecule has 0 aliphatic carbocycles. The zero-order valence-electron chi connectivity index (χ0n) is 14.4. The van der Waals surface area contributed by atoms with Gasteiger partial charge in [-0.1, -0.05) is 0 Å². The third-order valence-electron chi connectivity index (χ3n) is 3.69. The van der Waals surface area contributed by atoms with Crippen molar-refractivity contribution in [1.29, 1.82) is 0 Å². The van der Waals surface area contributed by atoms with Crippen molar-refractivity contribution < 1.29 is 37.0 Å². The van der Waals surface area contributed by atoms with Gasteiger partial charge in [0, 0.05) is 5.69 Å². The molecule has 10 heteroatoms. The van der Waals surface area contributed by atoms with Gasteiger partial charge in [0.05, 0.1) is 25.8 Å². The van der Waals surface area contributed by atoms with E-state index in [4.69, 9.17) is 4.74 Å². The highest BCUT2D eigenvalue weighted by Gasteiger charge is 2.50. The number of halogens is 3. The number of amides is 1. The summed E-state index contributed by atoms with van der Waals surface area (Å²) in [6.45, 7) is 1.85. The summed E-state index contributed by atoms with van der Waals surface area (Å²) in [6, 6.07) is 4.46. The van der Waals surface area contributed by atoms with Crippen molar-refractivity contribution >= 4 is 23.4 Å². The molecule has 0 bridgehead atoms. The average molecular weight is 376 g/mol. The number of fused-ring (bicyclic) bond motifs is 1. The number of esters is 1. The van der Waals surface area contributed by atoms with Crippen molar-refractivity contribution in [2.24, 2.45) is 0 Å². The Kier molecular flexibility index (Phi) is 5.53. The maximum absolute atomic E-state index is 12.7. The molecule has 0 saturated carbocycles. The number of rotatable bonds is 4. The molecule has 0 fully saturated rings. The van der Waals surface area contributed by atoms with Crippen LogP contribution in [0.5, 0.6) is 5.75 Å². The number of ether oxygens (including phenoxy) is 3. The lowest BCUT2D eigenvalue weighted by Crippen LogP contribution is -2.44. The van der Waals surface area contributed by atoms with E-state index in [0.29, 0.717) is 18.0 Å². The fraction of sp³-hybridized carbons (Fsp3) is 0.500. The standard InChI is InChI=1S/C16H19F3N2O5/c1-15(2,16(17,18)19)26-14(23)21-9-4-5-12-11(6-9)20-8-10(25-12)7-13(22)24-3/h4-6,10,20H,7-8H2,1-3H3,(H,21,23)/t10-/m0/s1. The zero-order chi connectivity index (χ0) is 19.5. The lowest BCUT2D eigenvalue weighted by Gasteiger charge is -2.28. The van der Waals surface area contributed by atoms with Gasteiger partial charge in [0.15, 0.2) is 0 Å². The molecule has 1 aromatic carbocycles. The lowest BCUT2D eigenvalue weighted by molar-refractivity contribution is -0.242. The first-order valence-corrected chi connectivity index (χ1v) is 7.70. The van der Waals surface area contributed by atoms with Gasteiger partial charge >= 0.3 is 18.2 Å². The number of hydrogen-bond acceptors (Lipinski definition) is 6. The highest BCUT2D eigenvalue weighted by Crippen LogP contribution is 2.34. The van der Waals surface area contributed by atoms with E-state index >= 15 is 0 Å². The van der Waals surface area contributed by atoms with Gasteiger partial charge in [-0.3, -0.25) is 10.1 Å². The van der Waals surface area contributed by atoms with Gasteiger partial charge in [-0.2, -0.15) is 13.2 Å². The molecule has 0 spiro atoms. The Bertz CT molecular complexity index is 691. The summed E-state index contributed by atoms with van der Waals surface area (Å²) in [7, 11) is 1.28. The van der Waals surface area contributed by atoms with Gasteiger partial charge in [-0.05, 0) is 32.0 Å². The molecule has 144 valence electrons. The first-order chi connectivity index (χ1) is 12.0. The summed E-state index contributed by atoms with van der Waals surface area (Å²) in [4.78, 5) is 23.0. The van der Waals surface area contributed by atoms with Crippen molar-refractivity contribution in [1.82, 2.24) is 0 Å². The predicted molar refractivity (Wildman–Crippen MR) is 86.2 cm³/mol. The maximum Gasteiger partial charge on any atom is 0.427 e. The summed E-state index contributed by atoms with van der Waals surface area (Å²) in [5.74, 6) is 0.0354. The van der Waals surface area contributed by atoms with Gasteiger partial charge in [0.2, 0.25) is 5.60 Å². The van der Waals surface area contributed by atoms with Crippen LogP contribution >= 0.6 is 0 Å². The van der Waals surface area contributed by atoms with E-state index in [-0.39, 0.29) is 12.1 Å². The normalized spacial score (nSPS) is 16.6. The molecule has 1 amide bonds. The first kappa shape index (κ1) is 19.7. The largest absolute Gasteiger partial charge is 0.486 e. The Labute approximate surface area is 147 Å². The fourth-order valence-corrected chi connectivity index (χ4v) is 2.11. The lowest BCUT2D eigenvalue weighted by atomic mass is 10.1. The van der Waals surface area contributed by atoms with Gasteiger partial charge in [-0.25, -0.2) is 4.79 Å². The first-order valence-electron chi connectivity index (χ1n) is 7.70. The van der Waals surface area contributed by atoms with Crippen molar-refractivity contribution in [3.8, 4) is 5.75 Å². The van der Waals surface area contributed by atoms with Crippen LogP contribution in [0.4, 0.5) is 29.3 Å². The SMILES string of the molecule is COC(=O)C[C@H]1CNc2cc(NC(=O)OC(C)(C)C(F)(F)F)ccc2O1. The second-order valence-corrected chi connectivity index (χ2v) is 6.13. The molecule has 0 aromatic heterocycles. The fourth-order valence-electron chi connectivity index (χ4n) is 2.11. The number of alkyl halides is 3. The van der Waals surface area contributed by atoms with E-state index in [1.165, 1.54) is 25.3 Å². The minimum Gasteiger partial charge on any atom is -0.486 e. The van der Waals surface area contributed by atoms with E-state index in [9.17, 15) is 22.8 Å². The number of nitrogens with one attached hydrogen (secondary N) is 2. The van der Waals surface area contributed by atoms with Crippen molar-refractivity contribution in [3.63, 3.8) is 0 Å². The molecule has 2 rings (SSSR count). The van der Waals surface area contributed by atoms with E-state index in [1.807, 2.05) is 0 Å². The van der Waals surface area contributed by atoms with Gasteiger partial charge < -0.3 is 19.5 Å². The maximum atomic E-state index is 12.7. The molecular formula is C16H19F3N2O5. The van der Waals surface area contributed by atoms with Gasteiger partial charge in [-0.15, -0.1) is 0 Å². The summed E-state index contributed by atoms with van der Waals surface area (Å²) in [6.07, 6.45) is -6.26. The van der Waals surface area contributed by atoms with Crippen LogP contribution in [0.1, 0.15) is 20.3 Å². The van der Waals surface area contributed by atoms with Crippen LogP contribution in [-0.2, 0) is 14.3 Å². The molecule has 1 aliphatic heterocycles. The quantitative estimate of drug-likeness (QED) is 0.784. The van der Waals surface area contributed by atoms with Crippen LogP contribution in [0.25, 0.3) is 0 Å². The smallest absolute Gasteiger partial charge is 0.427 e. The Morgan fingerprint density at radius 3 is 2.65 bits per heavy atom. The van der Waals surface area contributed by atoms with E-state index in [2.05, 4.69) is 20.1 Å². The van der Waals surface area contributed by atoms with Crippen molar-refractivity contribution in [2.75, 3.05) is 24.3 Å². The minimum absolute atomic E-state index is 0.0712. The van der Waals surface area contributed by atoms with E-state index < -0.39 is 29.9 Å². The second kappa shape index (κ2) is 7.30. The molecule has 1 heterocycles. The number of benzene rings is 1. The monoisotopic (exact) mass is 376 g/mol. The summed E-state index contributed by atoms with van der Waals surface area (Å²) < 4.78 is 52.9. The third-order valence-corrected chi connectivity index (χ3v) is 3.69. The number of methoxy groups -OCH3 is 1. The second-order valence-electron chi connectivity index (χ2n) is 6.13. The van der Waals surface area contributed by atoms with Crippen LogP contribution in [0.2, 0.25) is 0 Å². The molecular weight excluding hydrogens is 357 g/mol. The molecule has 7 nitrogen and oxygen atoms in total. The number of carbonyl (C=O) groups excluding carboxylic acids is 2. The van der Waals surface area contributed by atoms with Gasteiger partial charge in [0.25, 0.3) is 0 Å². The highest BCUT2D eigenvalue weighted by molar-refractivity contribution is 5.86. The Hall–Kier alpha value is -2.65. The Morgan fingerprint density at radius 2 is 2.04 bits per heavy atom. The zero-order valence-corrected chi connectivity index (χ0v) is 14.4. The molecule has 0 radical (unpaired) electrons. The van der Waals surface area contributed by atoms with Crippen LogP contribution in [-0.4, -0.2) is 43.6 Å². The molecule has 1 atom stereocenters.